The van der Waals surface area contributed by atoms with Crippen LogP contribution in [-0.4, -0.2) is 9.97 Å². The van der Waals surface area contributed by atoms with Gasteiger partial charge in [-0.15, -0.1) is 0 Å². The molecule has 3 heteroatoms. The van der Waals surface area contributed by atoms with Crippen molar-refractivity contribution in [3.63, 3.8) is 0 Å². The van der Waals surface area contributed by atoms with Gasteiger partial charge in [0.15, 0.2) is 5.82 Å². The molecule has 1 fully saturated rings. The van der Waals surface area contributed by atoms with Gasteiger partial charge in [-0.05, 0) is 31.6 Å². The van der Waals surface area contributed by atoms with E-state index >= 15 is 0 Å². The number of halogens is 1. The Bertz CT molecular complexity index is 302. The highest BCUT2D eigenvalue weighted by atomic mass is 19.1. The number of hydrogen-bond acceptors (Lipinski definition) is 2. The molecular weight excluding hydrogens is 191 g/mol. The molecule has 0 amide bonds. The SMILES string of the molecule is CCC1CCC(c2ncc(F)cn2)CC1. The average Bonchev–Trinajstić information content (AvgIpc) is 2.30. The summed E-state index contributed by atoms with van der Waals surface area (Å²) in [6.45, 7) is 2.25. The van der Waals surface area contributed by atoms with Crippen LogP contribution in [0.5, 0.6) is 0 Å². The van der Waals surface area contributed by atoms with E-state index in [4.69, 9.17) is 0 Å². The topological polar surface area (TPSA) is 25.8 Å². The zero-order valence-electron chi connectivity index (χ0n) is 9.12. The van der Waals surface area contributed by atoms with Gasteiger partial charge < -0.3 is 0 Å². The molecule has 2 nitrogen and oxygen atoms in total. The molecule has 1 aliphatic carbocycles. The Balaban J connectivity index is 1.98. The molecule has 0 radical (unpaired) electrons. The van der Waals surface area contributed by atoms with Gasteiger partial charge in [0.2, 0.25) is 0 Å². The van der Waals surface area contributed by atoms with Crippen LogP contribution in [0.25, 0.3) is 0 Å². The maximum Gasteiger partial charge on any atom is 0.159 e. The Labute approximate surface area is 89.9 Å². The van der Waals surface area contributed by atoms with Gasteiger partial charge in [-0.3, -0.25) is 0 Å². The van der Waals surface area contributed by atoms with Crippen LogP contribution >= 0.6 is 0 Å². The molecule has 0 atom stereocenters. The quantitative estimate of drug-likeness (QED) is 0.745. The molecule has 82 valence electrons. The molecule has 0 aromatic carbocycles. The van der Waals surface area contributed by atoms with Crippen molar-refractivity contribution in [2.75, 3.05) is 0 Å². The molecule has 1 aromatic rings. The summed E-state index contributed by atoms with van der Waals surface area (Å²) in [5.74, 6) is 1.81. The highest BCUT2D eigenvalue weighted by Crippen LogP contribution is 2.35. The maximum absolute atomic E-state index is 12.6. The third-order valence-electron chi connectivity index (χ3n) is 3.43. The largest absolute Gasteiger partial charge is 0.238 e. The lowest BCUT2D eigenvalue weighted by Gasteiger charge is -2.26. The van der Waals surface area contributed by atoms with E-state index < -0.39 is 0 Å². The molecule has 1 aromatic heterocycles. The van der Waals surface area contributed by atoms with Crippen LogP contribution < -0.4 is 0 Å². The third kappa shape index (κ3) is 2.52. The highest BCUT2D eigenvalue weighted by Gasteiger charge is 2.22. The van der Waals surface area contributed by atoms with Crippen LogP contribution in [0.1, 0.15) is 50.8 Å². The first-order valence-electron chi connectivity index (χ1n) is 5.77. The second-order valence-electron chi connectivity index (χ2n) is 4.39. The van der Waals surface area contributed by atoms with E-state index in [1.54, 1.807) is 0 Å². The van der Waals surface area contributed by atoms with Gasteiger partial charge in [-0.2, -0.15) is 0 Å². The van der Waals surface area contributed by atoms with Crippen molar-refractivity contribution < 1.29 is 4.39 Å². The van der Waals surface area contributed by atoms with Crippen LogP contribution in [0.4, 0.5) is 4.39 Å². The van der Waals surface area contributed by atoms with Crippen molar-refractivity contribution in [3.8, 4) is 0 Å². The molecule has 0 spiro atoms. The normalized spacial score (nSPS) is 26.5. The van der Waals surface area contributed by atoms with E-state index in [0.717, 1.165) is 24.6 Å². The molecule has 0 saturated heterocycles. The van der Waals surface area contributed by atoms with Crippen molar-refractivity contribution >= 4 is 0 Å². The fourth-order valence-corrected chi connectivity index (χ4v) is 2.36. The molecule has 2 rings (SSSR count). The lowest BCUT2D eigenvalue weighted by molar-refractivity contribution is 0.311. The minimum atomic E-state index is -0.346. The first-order chi connectivity index (χ1) is 7.29. The Morgan fingerprint density at radius 2 is 1.80 bits per heavy atom. The molecule has 0 unspecified atom stereocenters. The molecule has 1 heterocycles. The standard InChI is InChI=1S/C12H17FN2/c1-2-9-3-5-10(6-4-9)12-14-7-11(13)8-15-12/h7-10H,2-6H2,1H3. The third-order valence-corrected chi connectivity index (χ3v) is 3.43. The Kier molecular flexibility index (Phi) is 3.29. The summed E-state index contributed by atoms with van der Waals surface area (Å²) in [4.78, 5) is 8.13. The molecule has 0 bridgehead atoms. The number of nitrogens with zero attached hydrogens (tertiary/aromatic N) is 2. The van der Waals surface area contributed by atoms with Gasteiger partial charge >= 0.3 is 0 Å². The van der Waals surface area contributed by atoms with Crippen LogP contribution in [0.2, 0.25) is 0 Å². The first kappa shape index (κ1) is 10.5. The van der Waals surface area contributed by atoms with E-state index in [1.807, 2.05) is 0 Å². The summed E-state index contributed by atoms with van der Waals surface area (Å²) in [6, 6.07) is 0. The van der Waals surface area contributed by atoms with E-state index in [-0.39, 0.29) is 5.82 Å². The van der Waals surface area contributed by atoms with E-state index in [2.05, 4.69) is 16.9 Å². The fraction of sp³-hybridized carbons (Fsp3) is 0.667. The Morgan fingerprint density at radius 1 is 1.20 bits per heavy atom. The second-order valence-corrected chi connectivity index (χ2v) is 4.39. The van der Waals surface area contributed by atoms with Crippen molar-refractivity contribution in [1.29, 1.82) is 0 Å². The monoisotopic (exact) mass is 208 g/mol. The minimum absolute atomic E-state index is 0.346. The number of hydrogen-bond donors (Lipinski definition) is 0. The summed E-state index contributed by atoms with van der Waals surface area (Å²) in [7, 11) is 0. The van der Waals surface area contributed by atoms with Crippen molar-refractivity contribution in [3.05, 3.63) is 24.0 Å². The molecule has 0 aliphatic heterocycles. The predicted octanol–water partition coefficient (Wildman–Crippen LogP) is 3.30. The van der Waals surface area contributed by atoms with Crippen molar-refractivity contribution in [1.82, 2.24) is 9.97 Å². The molecule has 0 N–H and O–H groups in total. The van der Waals surface area contributed by atoms with Gasteiger partial charge in [0.1, 0.15) is 5.82 Å². The molecular formula is C12H17FN2. The average molecular weight is 208 g/mol. The van der Waals surface area contributed by atoms with Gasteiger partial charge in [-0.1, -0.05) is 13.3 Å². The van der Waals surface area contributed by atoms with E-state index in [0.29, 0.717) is 5.92 Å². The van der Waals surface area contributed by atoms with Gasteiger partial charge in [0.25, 0.3) is 0 Å². The second kappa shape index (κ2) is 4.69. The summed E-state index contributed by atoms with van der Waals surface area (Å²) >= 11 is 0. The van der Waals surface area contributed by atoms with Gasteiger partial charge in [-0.25, -0.2) is 14.4 Å². The summed E-state index contributed by atoms with van der Waals surface area (Å²) < 4.78 is 12.6. The van der Waals surface area contributed by atoms with E-state index in [9.17, 15) is 4.39 Å². The van der Waals surface area contributed by atoms with Crippen molar-refractivity contribution in [2.45, 2.75) is 44.9 Å². The summed E-state index contributed by atoms with van der Waals surface area (Å²) in [5.41, 5.74) is 0. The van der Waals surface area contributed by atoms with Crippen LogP contribution in [0, 0.1) is 11.7 Å². The molecule has 15 heavy (non-hydrogen) atoms. The van der Waals surface area contributed by atoms with Gasteiger partial charge in [0, 0.05) is 5.92 Å². The van der Waals surface area contributed by atoms with Gasteiger partial charge in [0.05, 0.1) is 12.4 Å². The Morgan fingerprint density at radius 3 is 2.33 bits per heavy atom. The van der Waals surface area contributed by atoms with Crippen molar-refractivity contribution in [2.24, 2.45) is 5.92 Å². The minimum Gasteiger partial charge on any atom is -0.238 e. The van der Waals surface area contributed by atoms with Crippen LogP contribution in [0.3, 0.4) is 0 Å². The first-order valence-corrected chi connectivity index (χ1v) is 5.77. The number of aromatic nitrogens is 2. The van der Waals surface area contributed by atoms with E-state index in [1.165, 1.54) is 31.7 Å². The molecule has 1 saturated carbocycles. The Hall–Kier alpha value is -0.990. The fourth-order valence-electron chi connectivity index (χ4n) is 2.36. The highest BCUT2D eigenvalue weighted by molar-refractivity contribution is 4.99. The maximum atomic E-state index is 12.6. The lowest BCUT2D eigenvalue weighted by Crippen LogP contribution is -2.14. The summed E-state index contributed by atoms with van der Waals surface area (Å²) in [5, 5.41) is 0. The lowest BCUT2D eigenvalue weighted by atomic mass is 9.80. The zero-order valence-corrected chi connectivity index (χ0v) is 9.12. The smallest absolute Gasteiger partial charge is 0.159 e. The van der Waals surface area contributed by atoms with Crippen LogP contribution in [-0.2, 0) is 0 Å². The molecule has 1 aliphatic rings. The zero-order chi connectivity index (χ0) is 10.7. The number of rotatable bonds is 2. The summed E-state index contributed by atoms with van der Waals surface area (Å²) in [6.07, 6.45) is 8.66. The van der Waals surface area contributed by atoms with Crippen LogP contribution in [0.15, 0.2) is 12.4 Å². The predicted molar refractivity (Wildman–Crippen MR) is 57.0 cm³/mol.